The molecule has 0 aliphatic carbocycles. The van der Waals surface area contributed by atoms with E-state index in [-0.39, 0.29) is 0 Å². The Hall–Kier alpha value is -7.50. The zero-order chi connectivity index (χ0) is 43.0. The largest absolute Gasteiger partial charge is 0.282 e. The van der Waals surface area contributed by atoms with Gasteiger partial charge in [-0.1, -0.05) is 202 Å². The second-order valence-electron chi connectivity index (χ2n) is 14.2. The average Bonchev–Trinajstić information content (AvgIpc) is 3.60. The van der Waals surface area contributed by atoms with Crippen molar-refractivity contribution in [3.8, 4) is 39.7 Å². The lowest BCUT2D eigenvalue weighted by Crippen LogP contribution is -2.05. The zero-order valence-corrected chi connectivity index (χ0v) is 36.0. The molecule has 0 amide bonds. The third-order valence-electron chi connectivity index (χ3n) is 9.86. The van der Waals surface area contributed by atoms with Gasteiger partial charge in [0.05, 0.1) is 22.6 Å². The fraction of sp³-hybridized carbons (Fsp3) is 0.107. The summed E-state index contributed by atoms with van der Waals surface area (Å²) in [5, 5.41) is 1.15. The Morgan fingerprint density at radius 1 is 0.492 bits per heavy atom. The van der Waals surface area contributed by atoms with Crippen LogP contribution >= 0.6 is 0 Å². The Bertz CT molecular complexity index is 2700. The fourth-order valence-electron chi connectivity index (χ4n) is 6.97. The minimum Gasteiger partial charge on any atom is -0.282 e. The van der Waals surface area contributed by atoms with Gasteiger partial charge in [-0.3, -0.25) is 4.57 Å². The molecule has 0 aliphatic rings. The first-order valence-corrected chi connectivity index (χ1v) is 20.8. The smallest absolute Gasteiger partial charge is 0.235 e. The number of aryl methyl sites for hydroxylation is 3. The summed E-state index contributed by atoms with van der Waals surface area (Å²) in [6.45, 7) is 16.5. The highest BCUT2D eigenvalue weighted by atomic mass is 15.2. The summed E-state index contributed by atoms with van der Waals surface area (Å²) >= 11 is 0. The van der Waals surface area contributed by atoms with Gasteiger partial charge in [0.1, 0.15) is 5.82 Å². The molecule has 0 saturated carbocycles. The van der Waals surface area contributed by atoms with Gasteiger partial charge in [0.15, 0.2) is 0 Å². The molecule has 0 bridgehead atoms. The normalized spacial score (nSPS) is 10.5. The van der Waals surface area contributed by atoms with Crippen LogP contribution in [-0.2, 0) is 0 Å². The molecule has 5 nitrogen and oxygen atoms in total. The van der Waals surface area contributed by atoms with Crippen LogP contribution in [0.3, 0.4) is 0 Å². The van der Waals surface area contributed by atoms with Crippen LogP contribution in [0, 0.1) is 27.7 Å². The van der Waals surface area contributed by atoms with Crippen molar-refractivity contribution < 1.29 is 0 Å². The van der Waals surface area contributed by atoms with E-state index < -0.39 is 0 Å². The predicted octanol–water partition coefficient (Wildman–Crippen LogP) is 14.6. The van der Waals surface area contributed by atoms with Crippen LogP contribution in [0.4, 0.5) is 0 Å². The first-order valence-electron chi connectivity index (χ1n) is 20.8. The van der Waals surface area contributed by atoms with E-state index in [1.54, 1.807) is 0 Å². The lowest BCUT2D eigenvalue weighted by Gasteiger charge is -2.12. The van der Waals surface area contributed by atoms with Crippen LogP contribution in [-0.4, -0.2) is 24.5 Å². The highest BCUT2D eigenvalue weighted by Gasteiger charge is 2.18. The van der Waals surface area contributed by atoms with Crippen LogP contribution in [0.1, 0.15) is 47.8 Å². The second-order valence-corrected chi connectivity index (χ2v) is 14.2. The molecule has 3 heterocycles. The molecule has 0 unspecified atom stereocenters. The molecule has 0 radical (unpaired) electrons. The van der Waals surface area contributed by atoms with E-state index in [2.05, 4.69) is 138 Å². The summed E-state index contributed by atoms with van der Waals surface area (Å²) in [4.78, 5) is 18.8. The Labute approximate surface area is 361 Å². The minimum absolute atomic E-state index is 0.654. The van der Waals surface area contributed by atoms with E-state index in [0.717, 1.165) is 78.6 Å². The Morgan fingerprint density at radius 3 is 1.44 bits per heavy atom. The number of hydrogen-bond acceptors (Lipinski definition) is 4. The van der Waals surface area contributed by atoms with Crippen LogP contribution in [0.5, 0.6) is 0 Å². The number of hydrogen-bond donors (Lipinski definition) is 0. The Morgan fingerprint density at radius 2 is 0.934 bits per heavy atom. The highest BCUT2D eigenvalue weighted by Crippen LogP contribution is 2.32. The molecule has 3 aromatic heterocycles. The summed E-state index contributed by atoms with van der Waals surface area (Å²) in [6.07, 6.45) is 4.28. The van der Waals surface area contributed by atoms with E-state index in [4.69, 9.17) is 9.97 Å². The van der Waals surface area contributed by atoms with Crippen molar-refractivity contribution in [3.63, 3.8) is 0 Å². The first kappa shape index (κ1) is 43.1. The predicted molar refractivity (Wildman–Crippen MR) is 258 cm³/mol. The van der Waals surface area contributed by atoms with Crippen molar-refractivity contribution in [1.29, 1.82) is 0 Å². The molecule has 0 spiro atoms. The van der Waals surface area contributed by atoms with Gasteiger partial charge in [-0.2, -0.15) is 0 Å². The number of nitrogens with zero attached hydrogens (tertiary/aromatic N) is 5. The van der Waals surface area contributed by atoms with Crippen LogP contribution in [0.2, 0.25) is 0 Å². The lowest BCUT2D eigenvalue weighted by atomic mass is 10.0. The first-order chi connectivity index (χ1) is 29.9. The molecule has 9 rings (SSSR count). The molecule has 0 N–H and O–H groups in total. The number of benzene rings is 6. The van der Waals surface area contributed by atoms with Crippen molar-refractivity contribution in [1.82, 2.24) is 24.5 Å². The summed E-state index contributed by atoms with van der Waals surface area (Å²) in [6, 6.07) is 63.6. The number of fused-ring (bicyclic) bond motifs is 1. The van der Waals surface area contributed by atoms with Gasteiger partial charge in [-0.25, -0.2) is 19.9 Å². The summed E-state index contributed by atoms with van der Waals surface area (Å²) in [7, 11) is 0. The molecular weight excluding hydrogens is 743 g/mol. The molecule has 9 aromatic rings. The maximum absolute atomic E-state index is 5.09. The molecule has 0 fully saturated rings. The highest BCUT2D eigenvalue weighted by molar-refractivity contribution is 5.94. The van der Waals surface area contributed by atoms with Crippen molar-refractivity contribution >= 4 is 22.6 Å². The van der Waals surface area contributed by atoms with Crippen LogP contribution in [0.25, 0.3) is 62.3 Å². The number of allylic oxidation sites excluding steroid dienone is 2. The number of aromatic nitrogens is 5. The molecule has 5 heteroatoms. The minimum atomic E-state index is 0.654. The SMILES string of the molecule is C=C(/C=C\c1c(C)n(-c2nc(-c3ccccc3)cc(-c3ccccc3)n2)c2ccccc12)c1ccccc1C.CC.Cc1cc(-c2ccccc2)nc(C)n1.c1ccccc1. The van der Waals surface area contributed by atoms with Gasteiger partial charge in [0.25, 0.3) is 0 Å². The standard InChI is InChI=1S/C36H29N3.C12H12N2.C6H6.C2H6/c1-25-14-10-11-19-30(25)26(2)22-23-31-27(3)39(35-21-13-12-20-32(31)35)36-37-33(28-15-6-4-7-16-28)24-34(38-36)29-17-8-5-9-18-29;1-9-8-12(14-10(2)13-9)11-6-4-3-5-7-11;1-2-4-6-5-3-1;1-2/h4-24H,2H2,1,3H3;3-8H,1-2H3;1-6H;1-2H3/b23-22-;;;. The van der Waals surface area contributed by atoms with Crippen LogP contribution < -0.4 is 0 Å². The summed E-state index contributed by atoms with van der Waals surface area (Å²) in [5.74, 6) is 1.48. The third-order valence-corrected chi connectivity index (χ3v) is 9.86. The molecule has 302 valence electrons. The van der Waals surface area contributed by atoms with Crippen molar-refractivity contribution in [2.45, 2.75) is 41.5 Å². The Kier molecular flexibility index (Phi) is 15.2. The van der Waals surface area contributed by atoms with E-state index in [1.807, 2.05) is 125 Å². The summed E-state index contributed by atoms with van der Waals surface area (Å²) < 4.78 is 2.17. The van der Waals surface area contributed by atoms with Gasteiger partial charge in [0, 0.05) is 39.0 Å². The molecule has 0 saturated heterocycles. The van der Waals surface area contributed by atoms with Crippen molar-refractivity contribution in [2.24, 2.45) is 0 Å². The van der Waals surface area contributed by atoms with Gasteiger partial charge >= 0.3 is 0 Å². The molecule has 61 heavy (non-hydrogen) atoms. The van der Waals surface area contributed by atoms with Gasteiger partial charge in [0.2, 0.25) is 5.95 Å². The molecule has 0 aliphatic heterocycles. The molecule has 0 atom stereocenters. The van der Waals surface area contributed by atoms with E-state index >= 15 is 0 Å². The fourth-order valence-corrected chi connectivity index (χ4v) is 6.97. The molecular formula is C56H53N5. The number of rotatable bonds is 7. The topological polar surface area (TPSA) is 56.5 Å². The zero-order valence-electron chi connectivity index (χ0n) is 36.0. The van der Waals surface area contributed by atoms with Crippen molar-refractivity contribution in [2.75, 3.05) is 0 Å². The monoisotopic (exact) mass is 795 g/mol. The van der Waals surface area contributed by atoms with Gasteiger partial charge < -0.3 is 0 Å². The van der Waals surface area contributed by atoms with Gasteiger partial charge in [-0.15, -0.1) is 0 Å². The van der Waals surface area contributed by atoms with E-state index in [1.165, 1.54) is 5.56 Å². The summed E-state index contributed by atoms with van der Waals surface area (Å²) in [5.41, 5.74) is 13.7. The Balaban J connectivity index is 0.000000231. The maximum atomic E-state index is 5.09. The van der Waals surface area contributed by atoms with Crippen LogP contribution in [0.15, 0.2) is 201 Å². The van der Waals surface area contributed by atoms with Crippen molar-refractivity contribution in [3.05, 3.63) is 235 Å². The second kappa shape index (κ2) is 21.5. The van der Waals surface area contributed by atoms with Gasteiger partial charge in [-0.05, 0) is 62.6 Å². The molecule has 6 aromatic carbocycles. The van der Waals surface area contributed by atoms with E-state index in [0.29, 0.717) is 5.95 Å². The third kappa shape index (κ3) is 11.2. The lowest BCUT2D eigenvalue weighted by molar-refractivity contribution is 0.932. The average molecular weight is 796 g/mol. The quantitative estimate of drug-likeness (QED) is 0.151. The van der Waals surface area contributed by atoms with E-state index in [9.17, 15) is 0 Å². The maximum Gasteiger partial charge on any atom is 0.235 e. The number of para-hydroxylation sites is 1.